The molecule has 1 aliphatic rings. The lowest BCUT2D eigenvalue weighted by Gasteiger charge is -2.29. The third kappa shape index (κ3) is 3.03. The average molecular weight is 253 g/mol. The van der Waals surface area contributed by atoms with Crippen LogP contribution < -0.4 is 5.32 Å². The molecule has 17 heavy (non-hydrogen) atoms. The summed E-state index contributed by atoms with van der Waals surface area (Å²) in [7, 11) is 0. The van der Waals surface area contributed by atoms with Crippen molar-refractivity contribution in [3.05, 3.63) is 11.6 Å². The summed E-state index contributed by atoms with van der Waals surface area (Å²) in [4.78, 5) is 29.0. The molecular formula is C11H15N3O2S. The van der Waals surface area contributed by atoms with Crippen LogP contribution in [0, 0.1) is 5.92 Å². The van der Waals surface area contributed by atoms with Gasteiger partial charge in [-0.25, -0.2) is 4.98 Å². The van der Waals surface area contributed by atoms with Crippen molar-refractivity contribution in [3.8, 4) is 0 Å². The Balaban J connectivity index is 1.89. The Kier molecular flexibility index (Phi) is 3.73. The second-order valence-corrected chi connectivity index (χ2v) is 5.16. The van der Waals surface area contributed by atoms with Crippen LogP contribution in [0.2, 0.25) is 0 Å². The van der Waals surface area contributed by atoms with E-state index in [1.165, 1.54) is 11.3 Å². The molecule has 0 spiro atoms. The van der Waals surface area contributed by atoms with Gasteiger partial charge in [0.25, 0.3) is 0 Å². The van der Waals surface area contributed by atoms with Gasteiger partial charge in [-0.1, -0.05) is 6.92 Å². The van der Waals surface area contributed by atoms with Crippen molar-refractivity contribution in [3.63, 3.8) is 0 Å². The normalized spacial score (nSPS) is 16.9. The lowest BCUT2D eigenvalue weighted by molar-refractivity contribution is -0.144. The SMILES string of the molecule is CC1CCN(C(=O)C(=O)Nc2nccs2)CC1. The fourth-order valence-electron chi connectivity index (χ4n) is 1.79. The van der Waals surface area contributed by atoms with E-state index >= 15 is 0 Å². The summed E-state index contributed by atoms with van der Waals surface area (Å²) in [6.45, 7) is 3.51. The fraction of sp³-hybridized carbons (Fsp3) is 0.545. The van der Waals surface area contributed by atoms with Crippen LogP contribution in [0.3, 0.4) is 0 Å². The van der Waals surface area contributed by atoms with Gasteiger partial charge in [0.15, 0.2) is 5.13 Å². The van der Waals surface area contributed by atoms with E-state index < -0.39 is 11.8 Å². The van der Waals surface area contributed by atoms with Crippen LogP contribution in [0.4, 0.5) is 5.13 Å². The largest absolute Gasteiger partial charge is 0.334 e. The van der Waals surface area contributed by atoms with Gasteiger partial charge in [-0.15, -0.1) is 11.3 Å². The standard InChI is InChI=1S/C11H15N3O2S/c1-8-2-5-14(6-3-8)10(16)9(15)13-11-12-4-7-17-11/h4,7-8H,2-3,5-6H2,1H3,(H,12,13,15). The molecule has 1 aromatic heterocycles. The zero-order valence-corrected chi connectivity index (χ0v) is 10.5. The lowest BCUT2D eigenvalue weighted by atomic mass is 9.99. The van der Waals surface area contributed by atoms with Gasteiger partial charge in [-0.05, 0) is 18.8 Å². The number of hydrogen-bond acceptors (Lipinski definition) is 4. The highest BCUT2D eigenvalue weighted by Gasteiger charge is 2.25. The number of aromatic nitrogens is 1. The van der Waals surface area contributed by atoms with Crippen LogP contribution >= 0.6 is 11.3 Å². The number of rotatable bonds is 1. The topological polar surface area (TPSA) is 62.3 Å². The Morgan fingerprint density at radius 2 is 2.18 bits per heavy atom. The summed E-state index contributed by atoms with van der Waals surface area (Å²) in [6, 6.07) is 0. The predicted molar refractivity (Wildman–Crippen MR) is 65.7 cm³/mol. The Bertz CT molecular complexity index is 397. The lowest BCUT2D eigenvalue weighted by Crippen LogP contribution is -2.43. The fourth-order valence-corrected chi connectivity index (χ4v) is 2.31. The highest BCUT2D eigenvalue weighted by atomic mass is 32.1. The highest BCUT2D eigenvalue weighted by molar-refractivity contribution is 7.13. The number of thiazole rings is 1. The summed E-state index contributed by atoms with van der Waals surface area (Å²) in [5.41, 5.74) is 0. The maximum atomic E-state index is 11.8. The molecule has 2 amide bonds. The molecule has 0 unspecified atom stereocenters. The summed E-state index contributed by atoms with van der Waals surface area (Å²) < 4.78 is 0. The van der Waals surface area contributed by atoms with Gasteiger partial charge in [-0.3, -0.25) is 14.9 Å². The molecule has 5 nitrogen and oxygen atoms in total. The molecule has 1 saturated heterocycles. The number of carbonyl (C=O) groups is 2. The van der Waals surface area contributed by atoms with Crippen molar-refractivity contribution >= 4 is 28.3 Å². The first-order valence-corrected chi connectivity index (χ1v) is 6.54. The number of carbonyl (C=O) groups excluding carboxylic acids is 2. The first-order valence-electron chi connectivity index (χ1n) is 5.66. The predicted octanol–water partition coefficient (Wildman–Crippen LogP) is 1.34. The number of nitrogens with one attached hydrogen (secondary N) is 1. The van der Waals surface area contributed by atoms with E-state index in [1.54, 1.807) is 16.5 Å². The first kappa shape index (κ1) is 12.0. The molecule has 0 radical (unpaired) electrons. The van der Waals surface area contributed by atoms with Gasteiger partial charge in [0.05, 0.1) is 0 Å². The van der Waals surface area contributed by atoms with E-state index in [2.05, 4.69) is 17.2 Å². The molecule has 0 saturated carbocycles. The van der Waals surface area contributed by atoms with Crippen LogP contribution in [0.1, 0.15) is 19.8 Å². The third-order valence-electron chi connectivity index (χ3n) is 2.92. The molecule has 2 rings (SSSR count). The maximum absolute atomic E-state index is 11.8. The monoisotopic (exact) mass is 253 g/mol. The van der Waals surface area contributed by atoms with Gasteiger partial charge in [-0.2, -0.15) is 0 Å². The number of amides is 2. The molecule has 2 heterocycles. The van der Waals surface area contributed by atoms with Crippen LogP contribution in [0.5, 0.6) is 0 Å². The molecule has 0 aromatic carbocycles. The second-order valence-electron chi connectivity index (χ2n) is 4.27. The molecule has 0 aliphatic carbocycles. The van der Waals surface area contributed by atoms with E-state index in [1.807, 2.05) is 0 Å². The van der Waals surface area contributed by atoms with Gasteiger partial charge in [0.2, 0.25) is 0 Å². The van der Waals surface area contributed by atoms with Gasteiger partial charge >= 0.3 is 11.8 Å². The molecule has 6 heteroatoms. The van der Waals surface area contributed by atoms with Crippen LogP contribution in [0.15, 0.2) is 11.6 Å². The van der Waals surface area contributed by atoms with Gasteiger partial charge in [0.1, 0.15) is 0 Å². The van der Waals surface area contributed by atoms with E-state index in [0.29, 0.717) is 24.1 Å². The Morgan fingerprint density at radius 1 is 1.47 bits per heavy atom. The third-order valence-corrected chi connectivity index (χ3v) is 3.61. The number of nitrogens with zero attached hydrogens (tertiary/aromatic N) is 2. The number of anilines is 1. The maximum Gasteiger partial charge on any atom is 0.315 e. The van der Waals surface area contributed by atoms with Crippen molar-refractivity contribution < 1.29 is 9.59 Å². The smallest absolute Gasteiger partial charge is 0.315 e. The molecule has 0 bridgehead atoms. The van der Waals surface area contributed by atoms with Crippen molar-refractivity contribution in [2.24, 2.45) is 5.92 Å². The summed E-state index contributed by atoms with van der Waals surface area (Å²) >= 11 is 1.30. The molecule has 1 N–H and O–H groups in total. The summed E-state index contributed by atoms with van der Waals surface area (Å²) in [5, 5.41) is 4.73. The quantitative estimate of drug-likeness (QED) is 0.768. The minimum absolute atomic E-state index is 0.452. The van der Waals surface area contributed by atoms with E-state index in [-0.39, 0.29) is 0 Å². The Hall–Kier alpha value is -1.43. The number of piperidine rings is 1. The highest BCUT2D eigenvalue weighted by Crippen LogP contribution is 2.16. The summed E-state index contributed by atoms with van der Waals surface area (Å²) in [5.74, 6) is -0.400. The van der Waals surface area contributed by atoms with Crippen molar-refractivity contribution in [1.29, 1.82) is 0 Å². The van der Waals surface area contributed by atoms with E-state index in [0.717, 1.165) is 12.8 Å². The minimum atomic E-state index is -0.588. The minimum Gasteiger partial charge on any atom is -0.334 e. The Labute approximate surface area is 104 Å². The molecular weight excluding hydrogens is 238 g/mol. The molecule has 0 atom stereocenters. The Morgan fingerprint density at radius 3 is 2.76 bits per heavy atom. The average Bonchev–Trinajstić information content (AvgIpc) is 2.82. The molecule has 1 fully saturated rings. The molecule has 1 aromatic rings. The second kappa shape index (κ2) is 5.27. The first-order chi connectivity index (χ1) is 8.16. The molecule has 1 aliphatic heterocycles. The van der Waals surface area contributed by atoms with Crippen molar-refractivity contribution in [2.45, 2.75) is 19.8 Å². The zero-order valence-electron chi connectivity index (χ0n) is 9.68. The van der Waals surface area contributed by atoms with Crippen molar-refractivity contribution in [1.82, 2.24) is 9.88 Å². The number of likely N-dealkylation sites (tertiary alicyclic amines) is 1. The van der Waals surface area contributed by atoms with Gasteiger partial charge in [0, 0.05) is 24.7 Å². The van der Waals surface area contributed by atoms with Crippen LogP contribution in [0.25, 0.3) is 0 Å². The summed E-state index contributed by atoms with van der Waals surface area (Å²) in [6.07, 6.45) is 3.53. The van der Waals surface area contributed by atoms with Gasteiger partial charge < -0.3 is 4.90 Å². The zero-order chi connectivity index (χ0) is 12.3. The number of hydrogen-bond donors (Lipinski definition) is 1. The van der Waals surface area contributed by atoms with Crippen molar-refractivity contribution in [2.75, 3.05) is 18.4 Å². The van der Waals surface area contributed by atoms with E-state index in [4.69, 9.17) is 0 Å². The molecule has 92 valence electrons. The van der Waals surface area contributed by atoms with Crippen LogP contribution in [-0.4, -0.2) is 34.8 Å². The van der Waals surface area contributed by atoms with E-state index in [9.17, 15) is 9.59 Å². The van der Waals surface area contributed by atoms with Crippen LogP contribution in [-0.2, 0) is 9.59 Å².